The van der Waals surface area contributed by atoms with Crippen LogP contribution in [0.25, 0.3) is 0 Å². The van der Waals surface area contributed by atoms with E-state index in [2.05, 4.69) is 5.10 Å². The molecule has 2 aromatic rings. The van der Waals surface area contributed by atoms with E-state index in [1.165, 1.54) is 18.3 Å². The molecule has 0 radical (unpaired) electrons. The van der Waals surface area contributed by atoms with Crippen LogP contribution in [0, 0.1) is 19.5 Å². The van der Waals surface area contributed by atoms with Gasteiger partial charge in [0.1, 0.15) is 0 Å². The minimum absolute atomic E-state index is 0.0602. The Morgan fingerprint density at radius 1 is 1.42 bits per heavy atom. The molecule has 19 heavy (non-hydrogen) atoms. The predicted octanol–water partition coefficient (Wildman–Crippen LogP) is 1.94. The molecule has 0 aliphatic rings. The Kier molecular flexibility index (Phi) is 3.88. The standard InChI is InChI=1S/C11H7FIN3O3/c12-9-3-7(1-2-10(9)16(18)19)6-15-11(17)4-8(13)5-14-15/h1-5H,6H2. The predicted molar refractivity (Wildman–Crippen MR) is 73.4 cm³/mol. The molecule has 0 unspecified atom stereocenters. The third-order valence-electron chi connectivity index (χ3n) is 2.38. The van der Waals surface area contributed by atoms with Gasteiger partial charge in [-0.2, -0.15) is 9.49 Å². The summed E-state index contributed by atoms with van der Waals surface area (Å²) in [4.78, 5) is 21.3. The molecule has 0 atom stereocenters. The quantitative estimate of drug-likeness (QED) is 0.467. The maximum Gasteiger partial charge on any atom is 0.304 e. The zero-order valence-electron chi connectivity index (χ0n) is 9.42. The summed E-state index contributed by atoms with van der Waals surface area (Å²) in [5, 5.41) is 14.4. The third kappa shape index (κ3) is 3.13. The van der Waals surface area contributed by atoms with Gasteiger partial charge in [-0.15, -0.1) is 0 Å². The summed E-state index contributed by atoms with van der Waals surface area (Å²) in [5.74, 6) is -0.930. The van der Waals surface area contributed by atoms with Crippen molar-refractivity contribution >= 4 is 28.3 Å². The maximum atomic E-state index is 13.4. The molecule has 0 saturated heterocycles. The average Bonchev–Trinajstić information content (AvgIpc) is 2.32. The molecule has 0 saturated carbocycles. The van der Waals surface area contributed by atoms with Crippen molar-refractivity contribution in [1.29, 1.82) is 0 Å². The number of halogens is 2. The highest BCUT2D eigenvalue weighted by Crippen LogP contribution is 2.18. The first kappa shape index (κ1) is 13.6. The van der Waals surface area contributed by atoms with Crippen LogP contribution in [0.5, 0.6) is 0 Å². The van der Waals surface area contributed by atoms with Crippen molar-refractivity contribution in [3.05, 3.63) is 65.9 Å². The minimum atomic E-state index is -0.930. The molecule has 0 aliphatic carbocycles. The highest BCUT2D eigenvalue weighted by Gasteiger charge is 2.14. The van der Waals surface area contributed by atoms with Crippen molar-refractivity contribution in [2.24, 2.45) is 0 Å². The highest BCUT2D eigenvalue weighted by atomic mass is 127. The minimum Gasteiger partial charge on any atom is -0.268 e. The molecule has 1 heterocycles. The average molecular weight is 375 g/mol. The lowest BCUT2D eigenvalue weighted by molar-refractivity contribution is -0.387. The van der Waals surface area contributed by atoms with Crippen LogP contribution >= 0.6 is 22.6 Å². The van der Waals surface area contributed by atoms with E-state index in [1.807, 2.05) is 22.6 Å². The fraction of sp³-hybridized carbons (Fsp3) is 0.0909. The van der Waals surface area contributed by atoms with E-state index in [1.54, 1.807) is 0 Å². The summed E-state index contributed by atoms with van der Waals surface area (Å²) >= 11 is 1.96. The van der Waals surface area contributed by atoms with E-state index in [-0.39, 0.29) is 12.1 Å². The lowest BCUT2D eigenvalue weighted by Gasteiger charge is -2.04. The third-order valence-corrected chi connectivity index (χ3v) is 2.97. The number of nitrogens with zero attached hydrogens (tertiary/aromatic N) is 3. The summed E-state index contributed by atoms with van der Waals surface area (Å²) in [6.45, 7) is 0.0602. The molecule has 0 aliphatic heterocycles. The number of hydrogen-bond donors (Lipinski definition) is 0. The van der Waals surface area contributed by atoms with Crippen LogP contribution in [0.3, 0.4) is 0 Å². The van der Waals surface area contributed by atoms with Gasteiger partial charge in [-0.25, -0.2) is 4.68 Å². The first-order chi connectivity index (χ1) is 8.97. The second kappa shape index (κ2) is 5.43. The van der Waals surface area contributed by atoms with Gasteiger partial charge < -0.3 is 0 Å². The summed E-state index contributed by atoms with van der Waals surface area (Å²) in [5.41, 5.74) is -0.476. The Morgan fingerprint density at radius 2 is 2.16 bits per heavy atom. The first-order valence-corrected chi connectivity index (χ1v) is 6.21. The lowest BCUT2D eigenvalue weighted by Crippen LogP contribution is -2.22. The van der Waals surface area contributed by atoms with Crippen molar-refractivity contribution in [1.82, 2.24) is 9.78 Å². The largest absolute Gasteiger partial charge is 0.304 e. The molecule has 8 heteroatoms. The first-order valence-electron chi connectivity index (χ1n) is 5.13. The van der Waals surface area contributed by atoms with Gasteiger partial charge in [0.25, 0.3) is 5.56 Å². The van der Waals surface area contributed by atoms with Crippen LogP contribution in [0.15, 0.2) is 35.3 Å². The van der Waals surface area contributed by atoms with Gasteiger partial charge in [0.05, 0.1) is 17.7 Å². The Labute approximate surface area is 120 Å². The number of nitro groups is 1. The van der Waals surface area contributed by atoms with Crippen LogP contribution in [-0.4, -0.2) is 14.7 Å². The molecule has 1 aromatic heterocycles. The number of hydrogen-bond acceptors (Lipinski definition) is 4. The molecule has 98 valence electrons. The zero-order valence-corrected chi connectivity index (χ0v) is 11.6. The number of benzene rings is 1. The van der Waals surface area contributed by atoms with Gasteiger partial charge in [0.2, 0.25) is 5.82 Å². The smallest absolute Gasteiger partial charge is 0.268 e. The van der Waals surface area contributed by atoms with E-state index >= 15 is 0 Å². The van der Waals surface area contributed by atoms with E-state index < -0.39 is 16.4 Å². The second-order valence-corrected chi connectivity index (χ2v) is 4.96. The van der Waals surface area contributed by atoms with Crippen molar-refractivity contribution in [2.75, 3.05) is 0 Å². The Balaban J connectivity index is 2.31. The van der Waals surface area contributed by atoms with E-state index in [0.29, 0.717) is 9.13 Å². The topological polar surface area (TPSA) is 78.0 Å². The zero-order chi connectivity index (χ0) is 14.0. The molecule has 0 amide bonds. The van der Waals surface area contributed by atoms with Crippen LogP contribution in [0.1, 0.15) is 5.56 Å². The SMILES string of the molecule is O=c1cc(I)cnn1Cc1ccc([N+](=O)[O-])c(F)c1. The van der Waals surface area contributed by atoms with Crippen molar-refractivity contribution in [3.8, 4) is 0 Å². The number of nitro benzene ring substituents is 1. The summed E-state index contributed by atoms with van der Waals surface area (Å²) in [7, 11) is 0. The molecule has 0 spiro atoms. The van der Waals surface area contributed by atoms with Crippen LogP contribution in [0.4, 0.5) is 10.1 Å². The maximum absolute atomic E-state index is 13.4. The number of rotatable bonds is 3. The molecule has 2 rings (SSSR count). The normalized spacial score (nSPS) is 10.4. The fourth-order valence-electron chi connectivity index (χ4n) is 1.50. The van der Waals surface area contributed by atoms with E-state index in [4.69, 9.17) is 0 Å². The van der Waals surface area contributed by atoms with Crippen molar-refractivity contribution in [3.63, 3.8) is 0 Å². The second-order valence-electron chi connectivity index (χ2n) is 3.71. The summed E-state index contributed by atoms with van der Waals surface area (Å²) in [6, 6.07) is 4.90. The molecule has 1 aromatic carbocycles. The van der Waals surface area contributed by atoms with Gasteiger partial charge >= 0.3 is 5.69 Å². The van der Waals surface area contributed by atoms with Crippen LogP contribution in [-0.2, 0) is 6.54 Å². The molecular weight excluding hydrogens is 368 g/mol. The monoisotopic (exact) mass is 375 g/mol. The van der Waals surface area contributed by atoms with E-state index in [9.17, 15) is 19.3 Å². The van der Waals surface area contributed by atoms with Crippen LogP contribution < -0.4 is 5.56 Å². The Bertz CT molecular complexity index is 702. The van der Waals surface area contributed by atoms with Gasteiger partial charge in [-0.05, 0) is 34.2 Å². The summed E-state index contributed by atoms with van der Waals surface area (Å²) < 4.78 is 15.3. The van der Waals surface area contributed by atoms with Gasteiger partial charge in [0, 0.05) is 15.7 Å². The highest BCUT2D eigenvalue weighted by molar-refractivity contribution is 14.1. The summed E-state index contributed by atoms with van der Waals surface area (Å²) in [6.07, 6.45) is 1.50. The lowest BCUT2D eigenvalue weighted by atomic mass is 10.2. The molecular formula is C11H7FIN3O3. The van der Waals surface area contributed by atoms with Gasteiger partial charge in [0.15, 0.2) is 0 Å². The van der Waals surface area contributed by atoms with Crippen molar-refractivity contribution < 1.29 is 9.31 Å². The van der Waals surface area contributed by atoms with Gasteiger partial charge in [-0.3, -0.25) is 14.9 Å². The Hall–Kier alpha value is -1.84. The van der Waals surface area contributed by atoms with E-state index in [0.717, 1.165) is 16.8 Å². The molecule has 6 nitrogen and oxygen atoms in total. The molecule has 0 fully saturated rings. The Morgan fingerprint density at radius 3 is 2.74 bits per heavy atom. The van der Waals surface area contributed by atoms with Crippen LogP contribution in [0.2, 0.25) is 0 Å². The fourth-order valence-corrected chi connectivity index (χ4v) is 1.89. The van der Waals surface area contributed by atoms with Crippen molar-refractivity contribution in [2.45, 2.75) is 6.54 Å². The van der Waals surface area contributed by atoms with Gasteiger partial charge in [-0.1, -0.05) is 6.07 Å². The molecule has 0 N–H and O–H groups in total. The number of aromatic nitrogens is 2. The molecule has 0 bridgehead atoms.